The van der Waals surface area contributed by atoms with Gasteiger partial charge in [0.15, 0.2) is 12.2 Å². The Balaban J connectivity index is 5.17. The molecule has 0 amide bonds. The third-order valence-electron chi connectivity index (χ3n) is 17.7. The second-order valence-corrected chi connectivity index (χ2v) is 31.6. The minimum Gasteiger partial charge on any atom is -0.462 e. The molecular weight excluding hydrogens is 1230 g/mol. The van der Waals surface area contributed by atoms with Crippen molar-refractivity contribution in [3.05, 3.63) is 0 Å². The Hall–Kier alpha value is -1.94. The van der Waals surface area contributed by atoms with Crippen molar-refractivity contribution in [1.82, 2.24) is 0 Å². The monoisotopic (exact) mass is 1380 g/mol. The van der Waals surface area contributed by atoms with E-state index in [0.717, 1.165) is 108 Å². The van der Waals surface area contributed by atoms with Gasteiger partial charge in [0.05, 0.1) is 26.4 Å². The van der Waals surface area contributed by atoms with E-state index in [9.17, 15) is 43.2 Å². The summed E-state index contributed by atoms with van der Waals surface area (Å²) in [6.45, 7) is 14.1. The number of phosphoric acid groups is 2. The Morgan fingerprint density at radius 1 is 0.298 bits per heavy atom. The molecule has 558 valence electrons. The summed E-state index contributed by atoms with van der Waals surface area (Å²) in [5.41, 5.74) is 0. The molecule has 0 rings (SSSR count). The number of carbonyl (C=O) groups excluding carboxylic acids is 4. The predicted octanol–water partition coefficient (Wildman–Crippen LogP) is 21.7. The van der Waals surface area contributed by atoms with Crippen molar-refractivity contribution in [3.63, 3.8) is 0 Å². The Morgan fingerprint density at radius 2 is 0.511 bits per heavy atom. The molecule has 0 aromatic carbocycles. The number of carbonyl (C=O) groups is 4. The molecule has 0 saturated carbocycles. The molecule has 3 N–H and O–H groups in total. The maximum Gasteiger partial charge on any atom is 0.472 e. The van der Waals surface area contributed by atoms with Gasteiger partial charge in [0.25, 0.3) is 0 Å². The SMILES string of the molecule is CCC(C)CCCCCCCCCCCCCCCCC(=O)OC[C@H](COP(=O)(O)OCC(O)COP(=O)(O)OC[C@@H](COC(=O)CCCCCCCCCC(C)C)OC(=O)CCCCCCCCCCCCCCCCC(C)C)OC(=O)CCCCCCCCC(C)C. The molecule has 0 radical (unpaired) electrons. The van der Waals surface area contributed by atoms with Gasteiger partial charge >= 0.3 is 39.5 Å². The van der Waals surface area contributed by atoms with Crippen LogP contribution in [0.15, 0.2) is 0 Å². The van der Waals surface area contributed by atoms with E-state index >= 15 is 0 Å². The van der Waals surface area contributed by atoms with Crippen LogP contribution < -0.4 is 0 Å². The minimum absolute atomic E-state index is 0.102. The summed E-state index contributed by atoms with van der Waals surface area (Å²) in [5, 5.41) is 10.6. The molecule has 0 fully saturated rings. The third-order valence-corrected chi connectivity index (χ3v) is 19.6. The zero-order valence-electron chi connectivity index (χ0n) is 61.6. The summed E-state index contributed by atoms with van der Waals surface area (Å²) < 4.78 is 68.4. The molecule has 0 aliphatic rings. The molecule has 0 aliphatic heterocycles. The summed E-state index contributed by atoms with van der Waals surface area (Å²) in [6, 6.07) is 0. The maximum absolute atomic E-state index is 13.0. The van der Waals surface area contributed by atoms with Gasteiger partial charge in [-0.2, -0.15) is 0 Å². The van der Waals surface area contributed by atoms with Crippen LogP contribution in [0.5, 0.6) is 0 Å². The first-order chi connectivity index (χ1) is 45.1. The normalized spacial score (nSPS) is 14.4. The van der Waals surface area contributed by atoms with Gasteiger partial charge in [-0.1, -0.05) is 325 Å². The molecular formula is C75H146O17P2. The van der Waals surface area contributed by atoms with Gasteiger partial charge in [-0.25, -0.2) is 9.13 Å². The molecule has 0 aromatic heterocycles. The summed E-state index contributed by atoms with van der Waals surface area (Å²) in [4.78, 5) is 72.7. The van der Waals surface area contributed by atoms with Crippen LogP contribution in [0.1, 0.15) is 376 Å². The fourth-order valence-corrected chi connectivity index (χ4v) is 12.9. The van der Waals surface area contributed by atoms with Crippen molar-refractivity contribution in [1.29, 1.82) is 0 Å². The van der Waals surface area contributed by atoms with Crippen LogP contribution in [-0.4, -0.2) is 96.7 Å². The quantitative estimate of drug-likeness (QED) is 0.0222. The van der Waals surface area contributed by atoms with Gasteiger partial charge in [-0.05, 0) is 49.4 Å². The standard InChI is InChI=1S/C75H146O17P2/c1-9-68(8)54-46-38-29-23-19-15-11-13-16-20-24-30-39-47-55-72(77)85-62-71(92-75(80)58-50-42-34-33-37-45-53-67(6)7)64-90-94(83,84)88-60-69(76)59-87-93(81,82)89-63-70(61-86-73(78)56-48-40-32-26-28-36-44-52-66(4)5)91-74(79)57-49-41-31-25-21-17-12-10-14-18-22-27-35-43-51-65(2)3/h65-71,76H,9-64H2,1-8H3,(H,81,82)(H,83,84)/t68?,69?,70-,71-/m1/s1. The smallest absolute Gasteiger partial charge is 0.462 e. The number of unbranched alkanes of at least 4 members (excludes halogenated alkanes) is 37. The van der Waals surface area contributed by atoms with Gasteiger partial charge in [-0.3, -0.25) is 37.3 Å². The molecule has 94 heavy (non-hydrogen) atoms. The maximum atomic E-state index is 13.0. The summed E-state index contributed by atoms with van der Waals surface area (Å²) in [6.07, 6.45) is 48.8. The lowest BCUT2D eigenvalue weighted by molar-refractivity contribution is -0.161. The number of hydrogen-bond acceptors (Lipinski definition) is 15. The molecule has 4 unspecified atom stereocenters. The van der Waals surface area contributed by atoms with Crippen molar-refractivity contribution in [3.8, 4) is 0 Å². The van der Waals surface area contributed by atoms with E-state index in [0.29, 0.717) is 37.5 Å². The molecule has 0 spiro atoms. The van der Waals surface area contributed by atoms with E-state index in [1.165, 1.54) is 173 Å². The molecule has 0 aromatic rings. The molecule has 6 atom stereocenters. The van der Waals surface area contributed by atoms with Gasteiger partial charge in [0.2, 0.25) is 0 Å². The third kappa shape index (κ3) is 67.3. The molecule has 19 heteroatoms. The average molecular weight is 1380 g/mol. The van der Waals surface area contributed by atoms with Crippen LogP contribution in [0.4, 0.5) is 0 Å². The lowest BCUT2D eigenvalue weighted by atomic mass is 9.99. The molecule has 0 bridgehead atoms. The van der Waals surface area contributed by atoms with Crippen LogP contribution >= 0.6 is 15.6 Å². The zero-order valence-corrected chi connectivity index (χ0v) is 63.4. The zero-order chi connectivity index (χ0) is 69.6. The Morgan fingerprint density at radius 3 is 0.755 bits per heavy atom. The van der Waals surface area contributed by atoms with Gasteiger partial charge in [0.1, 0.15) is 19.3 Å². The summed E-state index contributed by atoms with van der Waals surface area (Å²) >= 11 is 0. The second-order valence-electron chi connectivity index (χ2n) is 28.7. The van der Waals surface area contributed by atoms with Crippen LogP contribution in [0.25, 0.3) is 0 Å². The van der Waals surface area contributed by atoms with Crippen molar-refractivity contribution < 1.29 is 80.2 Å². The molecule has 17 nitrogen and oxygen atoms in total. The first-order valence-corrected chi connectivity index (χ1v) is 41.7. The van der Waals surface area contributed by atoms with Gasteiger partial charge in [0, 0.05) is 25.7 Å². The van der Waals surface area contributed by atoms with Gasteiger partial charge < -0.3 is 33.8 Å². The molecule has 0 aliphatic carbocycles. The van der Waals surface area contributed by atoms with E-state index in [2.05, 4.69) is 55.4 Å². The first kappa shape index (κ1) is 92.1. The van der Waals surface area contributed by atoms with Crippen molar-refractivity contribution in [2.24, 2.45) is 23.7 Å². The van der Waals surface area contributed by atoms with Crippen LogP contribution in [0.2, 0.25) is 0 Å². The van der Waals surface area contributed by atoms with E-state index in [1.54, 1.807) is 0 Å². The first-order valence-electron chi connectivity index (χ1n) is 38.7. The largest absolute Gasteiger partial charge is 0.472 e. The van der Waals surface area contributed by atoms with Crippen LogP contribution in [0, 0.1) is 23.7 Å². The lowest BCUT2D eigenvalue weighted by Gasteiger charge is -2.21. The number of aliphatic hydroxyl groups is 1. The Labute approximate surface area is 575 Å². The lowest BCUT2D eigenvalue weighted by Crippen LogP contribution is -2.30. The Kier molecular flexibility index (Phi) is 63.1. The predicted molar refractivity (Wildman–Crippen MR) is 381 cm³/mol. The number of phosphoric ester groups is 2. The van der Waals surface area contributed by atoms with E-state index in [4.69, 9.17) is 37.0 Å². The van der Waals surface area contributed by atoms with E-state index in [-0.39, 0.29) is 25.7 Å². The fraction of sp³-hybridized carbons (Fsp3) is 0.947. The highest BCUT2D eigenvalue weighted by molar-refractivity contribution is 7.47. The average Bonchev–Trinajstić information content (AvgIpc) is 1.79. The van der Waals surface area contributed by atoms with Crippen molar-refractivity contribution in [2.45, 2.75) is 395 Å². The van der Waals surface area contributed by atoms with Gasteiger partial charge in [-0.15, -0.1) is 0 Å². The molecule has 0 heterocycles. The highest BCUT2D eigenvalue weighted by Crippen LogP contribution is 2.45. The summed E-state index contributed by atoms with van der Waals surface area (Å²) in [5.74, 6) is 0.892. The highest BCUT2D eigenvalue weighted by Gasteiger charge is 2.30. The fourth-order valence-electron chi connectivity index (χ4n) is 11.3. The Bertz CT molecular complexity index is 1850. The number of ether oxygens (including phenoxy) is 4. The number of aliphatic hydroxyl groups excluding tert-OH is 1. The van der Waals surface area contributed by atoms with Crippen LogP contribution in [0.3, 0.4) is 0 Å². The highest BCUT2D eigenvalue weighted by atomic mass is 31.2. The topological polar surface area (TPSA) is 237 Å². The number of hydrogen-bond donors (Lipinski definition) is 3. The molecule has 0 saturated heterocycles. The van der Waals surface area contributed by atoms with E-state index < -0.39 is 97.5 Å². The second kappa shape index (κ2) is 64.4. The van der Waals surface area contributed by atoms with Crippen LogP contribution in [-0.2, 0) is 65.4 Å². The minimum atomic E-state index is -4.95. The van der Waals surface area contributed by atoms with E-state index in [1.807, 2.05) is 0 Å². The number of esters is 4. The summed E-state index contributed by atoms with van der Waals surface area (Å²) in [7, 11) is -9.91. The number of rotatable bonds is 72. The van der Waals surface area contributed by atoms with Crippen molar-refractivity contribution >= 4 is 39.5 Å². The van der Waals surface area contributed by atoms with Crippen molar-refractivity contribution in [2.75, 3.05) is 39.6 Å².